The molecule has 0 saturated carbocycles. The Hall–Kier alpha value is -1.91. The van der Waals surface area contributed by atoms with Crippen LogP contribution in [0.2, 0.25) is 0 Å². The summed E-state index contributed by atoms with van der Waals surface area (Å²) < 4.78 is 0. The van der Waals surface area contributed by atoms with Crippen LogP contribution in [0.1, 0.15) is 36.0 Å². The molecule has 5 nitrogen and oxygen atoms in total. The van der Waals surface area contributed by atoms with Crippen LogP contribution in [0.25, 0.3) is 0 Å². The molecule has 96 valence electrons. The summed E-state index contributed by atoms with van der Waals surface area (Å²) in [5, 5.41) is 8.89. The van der Waals surface area contributed by atoms with Gasteiger partial charge in [0.25, 0.3) is 5.91 Å². The molecule has 18 heavy (non-hydrogen) atoms. The highest BCUT2D eigenvalue weighted by Gasteiger charge is 2.28. The molecule has 1 unspecified atom stereocenters. The molecule has 1 amide bonds. The summed E-state index contributed by atoms with van der Waals surface area (Å²) in [6.07, 6.45) is 5.86. The van der Waals surface area contributed by atoms with Crippen LogP contribution in [0, 0.1) is 0 Å². The monoisotopic (exact) mass is 248 g/mol. The topological polar surface area (TPSA) is 70.5 Å². The average molecular weight is 248 g/mol. The van der Waals surface area contributed by atoms with Crippen molar-refractivity contribution in [2.75, 3.05) is 6.54 Å². The molecule has 1 aromatic heterocycles. The van der Waals surface area contributed by atoms with E-state index in [0.717, 1.165) is 19.3 Å². The Bertz CT molecular complexity index is 433. The highest BCUT2D eigenvalue weighted by molar-refractivity contribution is 5.94. The molecular formula is C13H16N2O3. The van der Waals surface area contributed by atoms with E-state index in [1.807, 2.05) is 0 Å². The molecule has 1 fully saturated rings. The van der Waals surface area contributed by atoms with Gasteiger partial charge in [-0.3, -0.25) is 14.6 Å². The molecule has 0 radical (unpaired) electrons. The SMILES string of the molecule is O=C(O)CC1CCCCN1C(=O)c1ccncc1. The smallest absolute Gasteiger partial charge is 0.305 e. The first kappa shape index (κ1) is 12.5. The number of likely N-dealkylation sites (tertiary alicyclic amines) is 1. The second kappa shape index (κ2) is 5.62. The largest absolute Gasteiger partial charge is 0.481 e. The number of hydrogen-bond acceptors (Lipinski definition) is 3. The summed E-state index contributed by atoms with van der Waals surface area (Å²) in [4.78, 5) is 28.7. The van der Waals surface area contributed by atoms with E-state index in [4.69, 9.17) is 5.11 Å². The van der Waals surface area contributed by atoms with Gasteiger partial charge in [0.1, 0.15) is 0 Å². The molecule has 1 aromatic rings. The lowest BCUT2D eigenvalue weighted by Gasteiger charge is -2.35. The number of nitrogens with zero attached hydrogens (tertiary/aromatic N) is 2. The summed E-state index contributed by atoms with van der Waals surface area (Å²) >= 11 is 0. The zero-order chi connectivity index (χ0) is 13.0. The summed E-state index contributed by atoms with van der Waals surface area (Å²) in [6, 6.07) is 3.14. The predicted octanol–water partition coefficient (Wildman–Crippen LogP) is 1.55. The van der Waals surface area contributed by atoms with Gasteiger partial charge in [-0.2, -0.15) is 0 Å². The van der Waals surface area contributed by atoms with Crippen LogP contribution < -0.4 is 0 Å². The molecule has 0 aromatic carbocycles. The molecule has 5 heteroatoms. The van der Waals surface area contributed by atoms with Crippen molar-refractivity contribution in [1.82, 2.24) is 9.88 Å². The van der Waals surface area contributed by atoms with Gasteiger partial charge in [-0.25, -0.2) is 0 Å². The molecule has 2 heterocycles. The van der Waals surface area contributed by atoms with Gasteiger partial charge >= 0.3 is 5.97 Å². The Kier molecular flexibility index (Phi) is 3.92. The van der Waals surface area contributed by atoms with Crippen molar-refractivity contribution in [2.45, 2.75) is 31.7 Å². The van der Waals surface area contributed by atoms with Crippen molar-refractivity contribution in [1.29, 1.82) is 0 Å². The van der Waals surface area contributed by atoms with E-state index in [9.17, 15) is 9.59 Å². The summed E-state index contributed by atoms with van der Waals surface area (Å²) in [5.74, 6) is -0.947. The summed E-state index contributed by atoms with van der Waals surface area (Å²) in [5.41, 5.74) is 0.572. The maximum absolute atomic E-state index is 12.3. The lowest BCUT2D eigenvalue weighted by Crippen LogP contribution is -2.44. The van der Waals surface area contributed by atoms with Crippen LogP contribution in [0.3, 0.4) is 0 Å². The van der Waals surface area contributed by atoms with E-state index in [0.29, 0.717) is 12.1 Å². The normalized spacial score (nSPS) is 19.6. The molecule has 0 aliphatic carbocycles. The van der Waals surface area contributed by atoms with Crippen LogP contribution in [-0.2, 0) is 4.79 Å². The van der Waals surface area contributed by atoms with E-state index < -0.39 is 5.97 Å². The number of piperidine rings is 1. The predicted molar refractivity (Wildman–Crippen MR) is 65.2 cm³/mol. The summed E-state index contributed by atoms with van der Waals surface area (Å²) in [6.45, 7) is 0.638. The van der Waals surface area contributed by atoms with Gasteiger partial charge in [0.2, 0.25) is 0 Å². The first-order valence-corrected chi connectivity index (χ1v) is 6.11. The first-order valence-electron chi connectivity index (χ1n) is 6.11. The molecule has 1 atom stereocenters. The fraction of sp³-hybridized carbons (Fsp3) is 0.462. The molecule has 0 bridgehead atoms. The molecule has 1 N–H and O–H groups in total. The third kappa shape index (κ3) is 2.85. The standard InChI is InChI=1S/C13H16N2O3/c16-12(17)9-11-3-1-2-8-15(11)13(18)10-4-6-14-7-5-10/h4-7,11H,1-3,8-9H2,(H,16,17). The third-order valence-electron chi connectivity index (χ3n) is 3.23. The van der Waals surface area contributed by atoms with Crippen LogP contribution >= 0.6 is 0 Å². The number of aromatic nitrogens is 1. The number of hydrogen-bond donors (Lipinski definition) is 1. The average Bonchev–Trinajstić information content (AvgIpc) is 2.39. The number of pyridine rings is 1. The molecule has 1 aliphatic rings. The number of aliphatic carboxylic acids is 1. The quantitative estimate of drug-likeness (QED) is 0.881. The Morgan fingerprint density at radius 3 is 2.72 bits per heavy atom. The zero-order valence-corrected chi connectivity index (χ0v) is 10.1. The van der Waals surface area contributed by atoms with E-state index in [1.165, 1.54) is 0 Å². The first-order chi connectivity index (χ1) is 8.68. The van der Waals surface area contributed by atoms with Crippen molar-refractivity contribution >= 4 is 11.9 Å². The molecule has 0 spiro atoms. The van der Waals surface area contributed by atoms with Crippen LogP contribution in [0.15, 0.2) is 24.5 Å². The minimum Gasteiger partial charge on any atom is -0.481 e. The number of carbonyl (C=O) groups excluding carboxylic acids is 1. The van der Waals surface area contributed by atoms with Gasteiger partial charge in [0.15, 0.2) is 0 Å². The number of amides is 1. The van der Waals surface area contributed by atoms with Gasteiger partial charge in [0.05, 0.1) is 6.42 Å². The van der Waals surface area contributed by atoms with Crippen LogP contribution in [0.4, 0.5) is 0 Å². The number of carboxylic acids is 1. The minimum atomic E-state index is -0.852. The van der Waals surface area contributed by atoms with Crippen molar-refractivity contribution in [3.63, 3.8) is 0 Å². The second-order valence-electron chi connectivity index (χ2n) is 4.48. The van der Waals surface area contributed by atoms with Crippen LogP contribution in [0.5, 0.6) is 0 Å². The molecular weight excluding hydrogens is 232 g/mol. The van der Waals surface area contributed by atoms with Crippen molar-refractivity contribution in [3.05, 3.63) is 30.1 Å². The number of carboxylic acid groups (broad SMARTS) is 1. The maximum atomic E-state index is 12.3. The number of rotatable bonds is 3. The van der Waals surface area contributed by atoms with E-state index in [2.05, 4.69) is 4.98 Å². The van der Waals surface area contributed by atoms with Gasteiger partial charge in [-0.15, -0.1) is 0 Å². The second-order valence-corrected chi connectivity index (χ2v) is 4.48. The van der Waals surface area contributed by atoms with Crippen molar-refractivity contribution in [2.24, 2.45) is 0 Å². The Labute approximate surface area is 105 Å². The summed E-state index contributed by atoms with van der Waals surface area (Å²) in [7, 11) is 0. The zero-order valence-electron chi connectivity index (χ0n) is 10.1. The van der Waals surface area contributed by atoms with Crippen LogP contribution in [-0.4, -0.2) is 39.5 Å². The van der Waals surface area contributed by atoms with Gasteiger partial charge < -0.3 is 10.0 Å². The van der Waals surface area contributed by atoms with Crippen molar-refractivity contribution in [3.8, 4) is 0 Å². The van der Waals surface area contributed by atoms with E-state index >= 15 is 0 Å². The van der Waals surface area contributed by atoms with Gasteiger partial charge in [0, 0.05) is 30.5 Å². The minimum absolute atomic E-state index is 0.0246. The lowest BCUT2D eigenvalue weighted by atomic mass is 9.98. The maximum Gasteiger partial charge on any atom is 0.305 e. The Morgan fingerprint density at radius 1 is 1.33 bits per heavy atom. The van der Waals surface area contributed by atoms with Gasteiger partial charge in [-0.05, 0) is 31.4 Å². The van der Waals surface area contributed by atoms with E-state index in [-0.39, 0.29) is 18.4 Å². The number of carbonyl (C=O) groups is 2. The fourth-order valence-electron chi connectivity index (χ4n) is 2.34. The highest BCUT2D eigenvalue weighted by atomic mass is 16.4. The molecule has 1 aliphatic heterocycles. The lowest BCUT2D eigenvalue weighted by molar-refractivity contribution is -0.138. The highest BCUT2D eigenvalue weighted by Crippen LogP contribution is 2.21. The van der Waals surface area contributed by atoms with Crippen molar-refractivity contribution < 1.29 is 14.7 Å². The Morgan fingerprint density at radius 2 is 2.06 bits per heavy atom. The third-order valence-corrected chi connectivity index (χ3v) is 3.23. The molecule has 1 saturated heterocycles. The Balaban J connectivity index is 2.13. The van der Waals surface area contributed by atoms with Gasteiger partial charge in [-0.1, -0.05) is 0 Å². The molecule has 2 rings (SSSR count). The van der Waals surface area contributed by atoms with E-state index in [1.54, 1.807) is 29.4 Å². The fourth-order valence-corrected chi connectivity index (χ4v) is 2.34.